The number of methoxy groups -OCH3 is 3. The van der Waals surface area contributed by atoms with Crippen LogP contribution in [0.3, 0.4) is 0 Å². The first-order valence-electron chi connectivity index (χ1n) is 8.07. The fraction of sp³-hybridized carbons (Fsp3) is 0.263. The molecule has 28 heavy (non-hydrogen) atoms. The van der Waals surface area contributed by atoms with E-state index in [9.17, 15) is 14.0 Å². The monoisotopic (exact) mass is 411 g/mol. The molecule has 0 spiro atoms. The summed E-state index contributed by atoms with van der Waals surface area (Å²) < 4.78 is 33.8. The smallest absolute Gasteiger partial charge is 0.339 e. The van der Waals surface area contributed by atoms with Gasteiger partial charge in [0.1, 0.15) is 5.82 Å². The van der Waals surface area contributed by atoms with Gasteiger partial charge in [-0.3, -0.25) is 4.79 Å². The maximum Gasteiger partial charge on any atom is 0.339 e. The number of amides is 1. The molecular weight excluding hydrogens is 393 g/mol. The van der Waals surface area contributed by atoms with Crippen LogP contribution in [-0.2, 0) is 9.53 Å². The number of hydrogen-bond donors (Lipinski definition) is 1. The van der Waals surface area contributed by atoms with Gasteiger partial charge in [0.2, 0.25) is 5.75 Å². The number of hydrogen-bond acceptors (Lipinski definition) is 6. The van der Waals surface area contributed by atoms with E-state index in [1.807, 2.05) is 0 Å². The molecule has 0 bridgehead atoms. The predicted octanol–water partition coefficient (Wildman–Crippen LogP) is 3.69. The van der Waals surface area contributed by atoms with E-state index in [1.54, 1.807) is 0 Å². The molecule has 1 atom stereocenters. The molecule has 0 fully saturated rings. The molecule has 7 nitrogen and oxygen atoms in total. The Kier molecular flexibility index (Phi) is 7.06. The molecular formula is C19H19ClFNO6. The second kappa shape index (κ2) is 9.27. The third-order valence-electron chi connectivity index (χ3n) is 3.74. The Morgan fingerprint density at radius 3 is 2.14 bits per heavy atom. The van der Waals surface area contributed by atoms with Gasteiger partial charge in [0.05, 0.1) is 37.6 Å². The zero-order chi connectivity index (χ0) is 20.8. The molecule has 2 rings (SSSR count). The molecule has 0 saturated heterocycles. The summed E-state index contributed by atoms with van der Waals surface area (Å²) in [5.74, 6) is -1.09. The summed E-state index contributed by atoms with van der Waals surface area (Å²) in [5, 5.41) is 2.50. The number of nitrogens with one attached hydrogen (secondary N) is 1. The molecule has 1 unspecified atom stereocenters. The number of ether oxygens (including phenoxy) is 4. The number of benzene rings is 2. The van der Waals surface area contributed by atoms with Crippen LogP contribution in [0, 0.1) is 5.82 Å². The predicted molar refractivity (Wildman–Crippen MR) is 101 cm³/mol. The van der Waals surface area contributed by atoms with Gasteiger partial charge in [0.25, 0.3) is 5.91 Å². The number of esters is 1. The minimum atomic E-state index is -1.15. The lowest BCUT2D eigenvalue weighted by molar-refractivity contribution is -0.123. The zero-order valence-corrected chi connectivity index (χ0v) is 16.4. The van der Waals surface area contributed by atoms with Crippen LogP contribution in [-0.4, -0.2) is 39.3 Å². The quantitative estimate of drug-likeness (QED) is 0.700. The Labute approximate surface area is 166 Å². The van der Waals surface area contributed by atoms with Gasteiger partial charge in [0, 0.05) is 0 Å². The van der Waals surface area contributed by atoms with Gasteiger partial charge in [0.15, 0.2) is 17.6 Å². The number of anilines is 1. The molecule has 0 aromatic heterocycles. The van der Waals surface area contributed by atoms with Crippen molar-refractivity contribution in [1.29, 1.82) is 0 Å². The first-order valence-corrected chi connectivity index (χ1v) is 8.45. The van der Waals surface area contributed by atoms with E-state index >= 15 is 0 Å². The average molecular weight is 412 g/mol. The van der Waals surface area contributed by atoms with Gasteiger partial charge >= 0.3 is 5.97 Å². The number of halogens is 2. The van der Waals surface area contributed by atoms with Gasteiger partial charge in [-0.1, -0.05) is 11.6 Å². The van der Waals surface area contributed by atoms with E-state index in [2.05, 4.69) is 5.32 Å². The molecule has 0 aliphatic heterocycles. The van der Waals surface area contributed by atoms with Crippen molar-refractivity contribution in [3.8, 4) is 17.2 Å². The molecule has 0 aliphatic rings. The third kappa shape index (κ3) is 4.83. The minimum absolute atomic E-state index is 0.0245. The van der Waals surface area contributed by atoms with Crippen LogP contribution >= 0.6 is 11.6 Å². The van der Waals surface area contributed by atoms with E-state index in [0.717, 1.165) is 12.1 Å². The number of carbonyl (C=O) groups is 2. The van der Waals surface area contributed by atoms with Crippen molar-refractivity contribution in [3.05, 3.63) is 46.7 Å². The van der Waals surface area contributed by atoms with Crippen molar-refractivity contribution >= 4 is 29.2 Å². The SMILES string of the molecule is COc1cc(C(=O)OC(C)C(=O)Nc2ccc(F)cc2Cl)cc(OC)c1OC. The summed E-state index contributed by atoms with van der Waals surface area (Å²) in [5.41, 5.74) is 0.303. The highest BCUT2D eigenvalue weighted by Crippen LogP contribution is 2.38. The van der Waals surface area contributed by atoms with Crippen molar-refractivity contribution in [2.24, 2.45) is 0 Å². The van der Waals surface area contributed by atoms with E-state index in [4.69, 9.17) is 30.5 Å². The second-order valence-corrected chi connectivity index (χ2v) is 5.98. The summed E-state index contributed by atoms with van der Waals surface area (Å²) >= 11 is 5.87. The second-order valence-electron chi connectivity index (χ2n) is 5.57. The van der Waals surface area contributed by atoms with Crippen molar-refractivity contribution in [2.75, 3.05) is 26.6 Å². The summed E-state index contributed by atoms with van der Waals surface area (Å²) in [6.07, 6.45) is -1.15. The zero-order valence-electron chi connectivity index (χ0n) is 15.7. The average Bonchev–Trinajstić information content (AvgIpc) is 2.68. The van der Waals surface area contributed by atoms with Crippen molar-refractivity contribution in [1.82, 2.24) is 0 Å². The molecule has 0 aliphatic carbocycles. The summed E-state index contributed by atoms with van der Waals surface area (Å²) in [6, 6.07) is 6.33. The van der Waals surface area contributed by atoms with Crippen LogP contribution in [0.4, 0.5) is 10.1 Å². The Bertz CT molecular complexity index is 864. The normalized spacial score (nSPS) is 11.4. The Balaban J connectivity index is 2.14. The molecule has 2 aromatic carbocycles. The summed E-state index contributed by atoms with van der Waals surface area (Å²) in [6.45, 7) is 1.39. The first kappa shape index (κ1) is 21.3. The maximum absolute atomic E-state index is 13.1. The highest BCUT2D eigenvalue weighted by molar-refractivity contribution is 6.33. The Morgan fingerprint density at radius 1 is 1.04 bits per heavy atom. The summed E-state index contributed by atoms with van der Waals surface area (Å²) in [4.78, 5) is 24.7. The highest BCUT2D eigenvalue weighted by Gasteiger charge is 2.23. The van der Waals surface area contributed by atoms with Crippen LogP contribution in [0.25, 0.3) is 0 Å². The third-order valence-corrected chi connectivity index (χ3v) is 4.06. The van der Waals surface area contributed by atoms with Crippen LogP contribution < -0.4 is 19.5 Å². The van der Waals surface area contributed by atoms with Crippen LogP contribution in [0.2, 0.25) is 5.02 Å². The minimum Gasteiger partial charge on any atom is -0.493 e. The lowest BCUT2D eigenvalue weighted by Crippen LogP contribution is -2.30. The van der Waals surface area contributed by atoms with Gasteiger partial charge in [-0.2, -0.15) is 0 Å². The maximum atomic E-state index is 13.1. The van der Waals surface area contributed by atoms with Gasteiger partial charge < -0.3 is 24.3 Å². The first-order chi connectivity index (χ1) is 13.3. The van der Waals surface area contributed by atoms with Crippen molar-refractivity contribution in [2.45, 2.75) is 13.0 Å². The van der Waals surface area contributed by atoms with Gasteiger partial charge in [-0.25, -0.2) is 9.18 Å². The fourth-order valence-corrected chi connectivity index (χ4v) is 2.52. The number of carbonyl (C=O) groups excluding carboxylic acids is 2. The van der Waals surface area contributed by atoms with E-state index < -0.39 is 23.8 Å². The van der Waals surface area contributed by atoms with E-state index in [-0.39, 0.29) is 27.8 Å². The largest absolute Gasteiger partial charge is 0.493 e. The van der Waals surface area contributed by atoms with Crippen molar-refractivity contribution < 1.29 is 32.9 Å². The van der Waals surface area contributed by atoms with Crippen LogP contribution in [0.15, 0.2) is 30.3 Å². The molecule has 1 N–H and O–H groups in total. The van der Waals surface area contributed by atoms with Crippen LogP contribution in [0.5, 0.6) is 17.2 Å². The Morgan fingerprint density at radius 2 is 1.64 bits per heavy atom. The van der Waals surface area contributed by atoms with Gasteiger partial charge in [-0.05, 0) is 37.3 Å². The molecule has 0 heterocycles. The number of rotatable bonds is 7. The molecule has 150 valence electrons. The van der Waals surface area contributed by atoms with Crippen molar-refractivity contribution in [3.63, 3.8) is 0 Å². The molecule has 1 amide bonds. The standard InChI is InChI=1S/C19H19ClFNO6/c1-10(18(23)22-14-6-5-12(21)9-13(14)20)28-19(24)11-7-15(25-2)17(27-4)16(8-11)26-3/h5-10H,1-4H3,(H,22,23). The summed E-state index contributed by atoms with van der Waals surface area (Å²) in [7, 11) is 4.26. The van der Waals surface area contributed by atoms with E-state index in [1.165, 1.54) is 46.5 Å². The fourth-order valence-electron chi connectivity index (χ4n) is 2.31. The van der Waals surface area contributed by atoms with E-state index in [0.29, 0.717) is 5.75 Å². The Hall–Kier alpha value is -3.00. The van der Waals surface area contributed by atoms with Gasteiger partial charge in [-0.15, -0.1) is 0 Å². The van der Waals surface area contributed by atoms with Crippen LogP contribution in [0.1, 0.15) is 17.3 Å². The highest BCUT2D eigenvalue weighted by atomic mass is 35.5. The molecule has 0 saturated carbocycles. The molecule has 9 heteroatoms. The lowest BCUT2D eigenvalue weighted by Gasteiger charge is -2.16. The molecule has 2 aromatic rings. The lowest BCUT2D eigenvalue weighted by atomic mass is 10.2. The molecule has 0 radical (unpaired) electrons. The topological polar surface area (TPSA) is 83.1 Å².